The third-order valence-corrected chi connectivity index (χ3v) is 6.10. The number of ether oxygens (including phenoxy) is 2. The Balaban J connectivity index is 1.21. The van der Waals surface area contributed by atoms with E-state index in [4.69, 9.17) is 9.47 Å². The van der Waals surface area contributed by atoms with Gasteiger partial charge in [-0.3, -0.25) is 14.5 Å². The van der Waals surface area contributed by atoms with E-state index in [9.17, 15) is 9.59 Å². The molecular formula is C25H31N5O4. The van der Waals surface area contributed by atoms with Crippen LogP contribution in [0.15, 0.2) is 53.3 Å². The zero-order valence-corrected chi connectivity index (χ0v) is 19.5. The lowest BCUT2D eigenvalue weighted by Gasteiger charge is -2.31. The Hall–Kier alpha value is -3.30. The number of amides is 1. The van der Waals surface area contributed by atoms with Crippen molar-refractivity contribution >= 4 is 16.8 Å². The molecule has 1 N–H and O–H groups in total. The summed E-state index contributed by atoms with van der Waals surface area (Å²) in [4.78, 5) is 27.1. The van der Waals surface area contributed by atoms with Crippen molar-refractivity contribution in [3.8, 4) is 5.75 Å². The lowest BCUT2D eigenvalue weighted by molar-refractivity contribution is -0.121. The number of likely N-dealkylation sites (N-methyl/N-ethyl adjacent to an activating group) is 1. The lowest BCUT2D eigenvalue weighted by atomic mass is 10.1. The predicted molar refractivity (Wildman–Crippen MR) is 129 cm³/mol. The van der Waals surface area contributed by atoms with Crippen molar-refractivity contribution in [3.63, 3.8) is 0 Å². The average Bonchev–Trinajstić information content (AvgIpc) is 2.88. The van der Waals surface area contributed by atoms with Crippen molar-refractivity contribution in [2.75, 3.05) is 33.4 Å². The highest BCUT2D eigenvalue weighted by Gasteiger charge is 2.18. The van der Waals surface area contributed by atoms with Crippen molar-refractivity contribution in [2.45, 2.75) is 38.4 Å². The number of benzene rings is 2. The van der Waals surface area contributed by atoms with Crippen LogP contribution in [-0.4, -0.2) is 65.3 Å². The number of rotatable bonds is 10. The molecule has 180 valence electrons. The first-order chi connectivity index (χ1) is 16.6. The van der Waals surface area contributed by atoms with Gasteiger partial charge in [-0.15, -0.1) is 5.10 Å². The van der Waals surface area contributed by atoms with E-state index in [1.165, 1.54) is 4.68 Å². The SMILES string of the molecule is CN(CCOc1cccc(CNC(=O)CCn2nnc3ccccc3c2=O)c1)C1CCOCC1. The Labute approximate surface area is 198 Å². The number of nitrogens with zero attached hydrogens (tertiary/aromatic N) is 4. The number of carbonyl (C=O) groups is 1. The number of aromatic nitrogens is 3. The first-order valence-corrected chi connectivity index (χ1v) is 11.7. The molecule has 4 rings (SSSR count). The first-order valence-electron chi connectivity index (χ1n) is 11.7. The Morgan fingerprint density at radius 1 is 1.21 bits per heavy atom. The number of hydrogen-bond donors (Lipinski definition) is 1. The number of nitrogens with one attached hydrogen (secondary N) is 1. The third kappa shape index (κ3) is 6.39. The molecule has 0 radical (unpaired) electrons. The summed E-state index contributed by atoms with van der Waals surface area (Å²) in [5, 5.41) is 11.4. The Morgan fingerprint density at radius 2 is 2.03 bits per heavy atom. The van der Waals surface area contributed by atoms with Crippen LogP contribution in [0.5, 0.6) is 5.75 Å². The van der Waals surface area contributed by atoms with Gasteiger partial charge in [0.25, 0.3) is 5.56 Å². The molecule has 1 amide bonds. The van der Waals surface area contributed by atoms with Gasteiger partial charge in [-0.25, -0.2) is 4.68 Å². The molecule has 9 nitrogen and oxygen atoms in total. The molecule has 1 aliphatic heterocycles. The van der Waals surface area contributed by atoms with Crippen LogP contribution in [-0.2, 0) is 22.6 Å². The van der Waals surface area contributed by atoms with Gasteiger partial charge in [-0.1, -0.05) is 29.5 Å². The standard InChI is InChI=1S/C25H31N5O4/c1-29(20-10-14-33-15-11-20)13-16-34-21-6-4-5-19(17-21)18-26-24(31)9-12-30-25(32)22-7-2-3-8-23(22)27-28-30/h2-8,17,20H,9-16,18H2,1H3,(H,26,31). The monoisotopic (exact) mass is 465 g/mol. The van der Waals surface area contributed by atoms with Crippen LogP contribution in [0.4, 0.5) is 0 Å². The van der Waals surface area contributed by atoms with Crippen molar-refractivity contribution in [3.05, 3.63) is 64.4 Å². The third-order valence-electron chi connectivity index (χ3n) is 6.10. The molecule has 0 atom stereocenters. The lowest BCUT2D eigenvalue weighted by Crippen LogP contribution is -2.38. The van der Waals surface area contributed by atoms with Gasteiger partial charge in [0, 0.05) is 38.8 Å². The average molecular weight is 466 g/mol. The quantitative estimate of drug-likeness (QED) is 0.489. The maximum atomic E-state index is 12.5. The number of carbonyl (C=O) groups excluding carboxylic acids is 1. The minimum Gasteiger partial charge on any atom is -0.492 e. The molecule has 2 aromatic carbocycles. The van der Waals surface area contributed by atoms with Gasteiger partial charge < -0.3 is 14.8 Å². The number of aryl methyl sites for hydroxylation is 1. The van der Waals surface area contributed by atoms with Crippen LogP contribution in [0.25, 0.3) is 10.9 Å². The summed E-state index contributed by atoms with van der Waals surface area (Å²) in [6.45, 7) is 3.67. The fourth-order valence-electron chi connectivity index (χ4n) is 4.03. The summed E-state index contributed by atoms with van der Waals surface area (Å²) in [5.74, 6) is 0.622. The number of hydrogen-bond acceptors (Lipinski definition) is 7. The smallest absolute Gasteiger partial charge is 0.277 e. The summed E-state index contributed by atoms with van der Waals surface area (Å²) in [6, 6.07) is 15.3. The maximum absolute atomic E-state index is 12.5. The predicted octanol–water partition coefficient (Wildman–Crippen LogP) is 1.99. The summed E-state index contributed by atoms with van der Waals surface area (Å²) >= 11 is 0. The summed E-state index contributed by atoms with van der Waals surface area (Å²) in [5.41, 5.74) is 1.25. The van der Waals surface area contributed by atoms with Gasteiger partial charge >= 0.3 is 0 Å². The van der Waals surface area contributed by atoms with Crippen molar-refractivity contribution in [2.24, 2.45) is 0 Å². The highest BCUT2D eigenvalue weighted by Crippen LogP contribution is 2.15. The van der Waals surface area contributed by atoms with Crippen LogP contribution in [0.3, 0.4) is 0 Å². The van der Waals surface area contributed by atoms with Crippen molar-refractivity contribution in [1.29, 1.82) is 0 Å². The van der Waals surface area contributed by atoms with E-state index in [2.05, 4.69) is 27.6 Å². The van der Waals surface area contributed by atoms with E-state index in [1.807, 2.05) is 24.3 Å². The second-order valence-corrected chi connectivity index (χ2v) is 8.48. The van der Waals surface area contributed by atoms with E-state index < -0.39 is 0 Å². The van der Waals surface area contributed by atoms with Gasteiger partial charge in [-0.2, -0.15) is 0 Å². The maximum Gasteiger partial charge on any atom is 0.277 e. The zero-order valence-electron chi connectivity index (χ0n) is 19.5. The highest BCUT2D eigenvalue weighted by molar-refractivity contribution is 5.77. The molecule has 0 aliphatic carbocycles. The van der Waals surface area contributed by atoms with Crippen LogP contribution < -0.4 is 15.6 Å². The van der Waals surface area contributed by atoms with E-state index in [-0.39, 0.29) is 24.4 Å². The zero-order chi connectivity index (χ0) is 23.8. The fraction of sp³-hybridized carbons (Fsp3) is 0.440. The fourth-order valence-corrected chi connectivity index (χ4v) is 4.03. The summed E-state index contributed by atoms with van der Waals surface area (Å²) in [7, 11) is 2.13. The highest BCUT2D eigenvalue weighted by atomic mass is 16.5. The van der Waals surface area contributed by atoms with Gasteiger partial charge in [0.1, 0.15) is 17.9 Å². The van der Waals surface area contributed by atoms with E-state index in [0.29, 0.717) is 30.1 Å². The van der Waals surface area contributed by atoms with Gasteiger partial charge in [0.15, 0.2) is 0 Å². The topological polar surface area (TPSA) is 98.6 Å². The van der Waals surface area contributed by atoms with Crippen LogP contribution in [0.2, 0.25) is 0 Å². The minimum absolute atomic E-state index is 0.141. The van der Waals surface area contributed by atoms with Gasteiger partial charge in [0.2, 0.25) is 5.91 Å². The second kappa shape index (κ2) is 11.7. The normalized spacial score (nSPS) is 14.4. The van der Waals surface area contributed by atoms with Gasteiger partial charge in [-0.05, 0) is 49.7 Å². The Bertz CT molecular complexity index is 1160. The van der Waals surface area contributed by atoms with Crippen LogP contribution in [0, 0.1) is 0 Å². The molecule has 2 heterocycles. The molecule has 34 heavy (non-hydrogen) atoms. The molecule has 1 fully saturated rings. The van der Waals surface area contributed by atoms with E-state index in [1.54, 1.807) is 24.3 Å². The molecule has 0 unspecified atom stereocenters. The molecule has 1 aliphatic rings. The van der Waals surface area contributed by atoms with Crippen LogP contribution >= 0.6 is 0 Å². The summed E-state index contributed by atoms with van der Waals surface area (Å²) < 4.78 is 12.6. The molecule has 1 saturated heterocycles. The molecule has 0 bridgehead atoms. The largest absolute Gasteiger partial charge is 0.492 e. The Kier molecular flexibility index (Phi) is 8.21. The molecule has 9 heteroatoms. The van der Waals surface area contributed by atoms with Crippen LogP contribution in [0.1, 0.15) is 24.8 Å². The Morgan fingerprint density at radius 3 is 2.88 bits per heavy atom. The van der Waals surface area contributed by atoms with E-state index in [0.717, 1.165) is 43.9 Å². The van der Waals surface area contributed by atoms with Crippen molar-refractivity contribution in [1.82, 2.24) is 25.2 Å². The minimum atomic E-state index is -0.245. The molecule has 0 spiro atoms. The number of fused-ring (bicyclic) bond motifs is 1. The molecular weight excluding hydrogens is 434 g/mol. The molecule has 3 aromatic rings. The van der Waals surface area contributed by atoms with E-state index >= 15 is 0 Å². The second-order valence-electron chi connectivity index (χ2n) is 8.48. The molecule has 1 aromatic heterocycles. The van der Waals surface area contributed by atoms with Crippen molar-refractivity contribution < 1.29 is 14.3 Å². The summed E-state index contributed by atoms with van der Waals surface area (Å²) in [6.07, 6.45) is 2.27. The molecule has 0 saturated carbocycles. The van der Waals surface area contributed by atoms with Gasteiger partial charge in [0.05, 0.1) is 11.9 Å². The first kappa shape index (κ1) is 23.8.